The normalized spacial score (nSPS) is 13.5. The summed E-state index contributed by atoms with van der Waals surface area (Å²) >= 11 is 11.7. The Morgan fingerprint density at radius 1 is 1.32 bits per heavy atom. The summed E-state index contributed by atoms with van der Waals surface area (Å²) in [5.74, 6) is -2.32. The van der Waals surface area contributed by atoms with Gasteiger partial charge >= 0.3 is 5.97 Å². The Kier molecular flexibility index (Phi) is 5.24. The van der Waals surface area contributed by atoms with Crippen molar-refractivity contribution in [2.24, 2.45) is 5.92 Å². The highest BCUT2D eigenvalue weighted by Crippen LogP contribution is 2.25. The van der Waals surface area contributed by atoms with Crippen molar-refractivity contribution in [2.75, 3.05) is 0 Å². The van der Waals surface area contributed by atoms with E-state index in [1.165, 1.54) is 18.2 Å². The molecule has 0 amide bonds. The van der Waals surface area contributed by atoms with Gasteiger partial charge in [0, 0.05) is 10.0 Å². The lowest BCUT2D eigenvalue weighted by atomic mass is 10.1. The van der Waals surface area contributed by atoms with Gasteiger partial charge in [-0.25, -0.2) is 8.42 Å². The first-order valence-corrected chi connectivity index (χ1v) is 8.00. The molecule has 0 aliphatic carbocycles. The molecule has 19 heavy (non-hydrogen) atoms. The van der Waals surface area contributed by atoms with Gasteiger partial charge in [-0.15, -0.1) is 0 Å². The summed E-state index contributed by atoms with van der Waals surface area (Å²) in [6.45, 7) is 3.10. The highest BCUT2D eigenvalue weighted by Gasteiger charge is 2.35. The van der Waals surface area contributed by atoms with Crippen molar-refractivity contribution in [3.05, 3.63) is 33.8 Å². The fourth-order valence-corrected chi connectivity index (χ4v) is 4.26. The first-order valence-electron chi connectivity index (χ1n) is 5.53. The summed E-state index contributed by atoms with van der Waals surface area (Å²) < 4.78 is 24.3. The number of hydrogen-bond donors (Lipinski definition) is 1. The highest BCUT2D eigenvalue weighted by atomic mass is 35.5. The van der Waals surface area contributed by atoms with Crippen LogP contribution in [0.4, 0.5) is 0 Å². The number of benzene rings is 1. The van der Waals surface area contributed by atoms with Crippen LogP contribution in [0, 0.1) is 5.92 Å². The van der Waals surface area contributed by atoms with E-state index in [0.717, 1.165) is 0 Å². The summed E-state index contributed by atoms with van der Waals surface area (Å²) in [6.07, 6.45) is 0. The molecule has 7 heteroatoms. The Hall–Kier alpha value is -0.780. The van der Waals surface area contributed by atoms with Crippen molar-refractivity contribution in [1.82, 2.24) is 0 Å². The average Bonchev–Trinajstić information content (AvgIpc) is 2.21. The first-order chi connectivity index (χ1) is 8.65. The molecule has 0 aromatic heterocycles. The third-order valence-corrected chi connectivity index (χ3v) is 5.44. The standard InChI is InChI=1S/C12H14Cl2O4S/c1-7(2)11(12(15)16)19(17,18)6-8-5-9(13)3-4-10(8)14/h3-5,7,11H,6H2,1-2H3,(H,15,16). The van der Waals surface area contributed by atoms with Crippen LogP contribution in [0.15, 0.2) is 18.2 Å². The number of halogens is 2. The van der Waals surface area contributed by atoms with Gasteiger partial charge in [0.1, 0.15) is 0 Å². The smallest absolute Gasteiger partial charge is 0.322 e. The molecule has 1 rings (SSSR count). The van der Waals surface area contributed by atoms with Gasteiger partial charge in [-0.1, -0.05) is 37.0 Å². The summed E-state index contributed by atoms with van der Waals surface area (Å²) in [5, 5.41) is 8.19. The summed E-state index contributed by atoms with van der Waals surface area (Å²) in [6, 6.07) is 4.46. The predicted molar refractivity (Wildman–Crippen MR) is 75.3 cm³/mol. The molecule has 0 spiro atoms. The van der Waals surface area contributed by atoms with Crippen molar-refractivity contribution in [2.45, 2.75) is 24.9 Å². The lowest BCUT2D eigenvalue weighted by molar-refractivity contribution is -0.137. The van der Waals surface area contributed by atoms with Crippen LogP contribution in [0.3, 0.4) is 0 Å². The zero-order valence-corrected chi connectivity index (χ0v) is 12.8. The third-order valence-electron chi connectivity index (χ3n) is 2.60. The van der Waals surface area contributed by atoms with E-state index in [1.807, 2.05) is 0 Å². The van der Waals surface area contributed by atoms with Crippen LogP contribution in [0.1, 0.15) is 19.4 Å². The predicted octanol–water partition coefficient (Wildman–Crippen LogP) is 3.02. The molecule has 1 aromatic carbocycles. The molecule has 0 fully saturated rings. The number of aliphatic carboxylic acids is 1. The molecule has 0 aliphatic rings. The van der Waals surface area contributed by atoms with E-state index in [9.17, 15) is 13.2 Å². The molecular weight excluding hydrogens is 311 g/mol. The summed E-state index contributed by atoms with van der Waals surface area (Å²) in [5.41, 5.74) is 0.307. The third kappa shape index (κ3) is 4.09. The van der Waals surface area contributed by atoms with Crippen LogP contribution in [0.2, 0.25) is 10.0 Å². The minimum Gasteiger partial charge on any atom is -0.480 e. The first kappa shape index (κ1) is 16.3. The van der Waals surface area contributed by atoms with Gasteiger partial charge in [-0.3, -0.25) is 4.79 Å². The second-order valence-corrected chi connectivity index (χ2v) is 7.51. The van der Waals surface area contributed by atoms with Gasteiger partial charge < -0.3 is 5.11 Å². The topological polar surface area (TPSA) is 71.4 Å². The molecule has 0 saturated heterocycles. The Labute approximate surface area is 122 Å². The van der Waals surface area contributed by atoms with E-state index in [4.69, 9.17) is 28.3 Å². The highest BCUT2D eigenvalue weighted by molar-refractivity contribution is 7.92. The van der Waals surface area contributed by atoms with E-state index < -0.39 is 32.7 Å². The van der Waals surface area contributed by atoms with Crippen molar-refractivity contribution < 1.29 is 18.3 Å². The molecule has 0 bridgehead atoms. The molecule has 4 nitrogen and oxygen atoms in total. The fourth-order valence-electron chi connectivity index (χ4n) is 1.81. The van der Waals surface area contributed by atoms with Gasteiger partial charge in [-0.05, 0) is 29.7 Å². The van der Waals surface area contributed by atoms with E-state index in [-0.39, 0.29) is 5.02 Å². The molecule has 0 heterocycles. The lowest BCUT2D eigenvalue weighted by Crippen LogP contribution is -2.35. The van der Waals surface area contributed by atoms with Gasteiger partial charge in [0.2, 0.25) is 0 Å². The minimum absolute atomic E-state index is 0.251. The minimum atomic E-state index is -3.86. The van der Waals surface area contributed by atoms with E-state index in [2.05, 4.69) is 0 Å². The van der Waals surface area contributed by atoms with E-state index >= 15 is 0 Å². The average molecular weight is 325 g/mol. The van der Waals surface area contributed by atoms with Crippen LogP contribution < -0.4 is 0 Å². The van der Waals surface area contributed by atoms with Crippen LogP contribution in [-0.4, -0.2) is 24.7 Å². The van der Waals surface area contributed by atoms with Gasteiger partial charge in [0.25, 0.3) is 0 Å². The second-order valence-electron chi connectivity index (χ2n) is 4.55. The Morgan fingerprint density at radius 3 is 2.37 bits per heavy atom. The van der Waals surface area contributed by atoms with Crippen LogP contribution in [-0.2, 0) is 20.4 Å². The lowest BCUT2D eigenvalue weighted by Gasteiger charge is -2.17. The maximum absolute atomic E-state index is 12.2. The number of carboxylic acids is 1. The van der Waals surface area contributed by atoms with Gasteiger partial charge in [-0.2, -0.15) is 0 Å². The monoisotopic (exact) mass is 324 g/mol. The molecule has 1 aromatic rings. The number of hydrogen-bond acceptors (Lipinski definition) is 3. The molecule has 1 N–H and O–H groups in total. The summed E-state index contributed by atoms with van der Waals surface area (Å²) in [7, 11) is -3.86. The van der Waals surface area contributed by atoms with Crippen LogP contribution in [0.25, 0.3) is 0 Å². The van der Waals surface area contributed by atoms with Crippen molar-refractivity contribution >= 4 is 39.0 Å². The number of sulfone groups is 1. The fraction of sp³-hybridized carbons (Fsp3) is 0.417. The van der Waals surface area contributed by atoms with Crippen LogP contribution >= 0.6 is 23.2 Å². The molecule has 0 radical (unpaired) electrons. The molecule has 1 atom stereocenters. The number of carbonyl (C=O) groups is 1. The molecule has 106 valence electrons. The molecular formula is C12H14Cl2O4S. The van der Waals surface area contributed by atoms with E-state index in [1.54, 1.807) is 13.8 Å². The molecule has 0 saturated carbocycles. The van der Waals surface area contributed by atoms with Crippen molar-refractivity contribution in [1.29, 1.82) is 0 Å². The Bertz CT molecular complexity index is 581. The van der Waals surface area contributed by atoms with Crippen LogP contribution in [0.5, 0.6) is 0 Å². The Balaban J connectivity index is 3.15. The summed E-state index contributed by atoms with van der Waals surface area (Å²) in [4.78, 5) is 11.1. The largest absolute Gasteiger partial charge is 0.480 e. The van der Waals surface area contributed by atoms with Crippen molar-refractivity contribution in [3.63, 3.8) is 0 Å². The maximum Gasteiger partial charge on any atom is 0.322 e. The quantitative estimate of drug-likeness (QED) is 0.903. The zero-order valence-electron chi connectivity index (χ0n) is 10.4. The van der Waals surface area contributed by atoms with E-state index in [0.29, 0.717) is 10.6 Å². The number of rotatable bonds is 5. The van der Waals surface area contributed by atoms with Gasteiger partial charge in [0.15, 0.2) is 15.1 Å². The molecule has 1 unspecified atom stereocenters. The maximum atomic E-state index is 12.2. The zero-order chi connectivity index (χ0) is 14.8. The van der Waals surface area contributed by atoms with Gasteiger partial charge in [0.05, 0.1) is 5.75 Å². The van der Waals surface area contributed by atoms with Crippen molar-refractivity contribution in [3.8, 4) is 0 Å². The second kappa shape index (κ2) is 6.11. The Morgan fingerprint density at radius 2 is 1.89 bits per heavy atom. The SMILES string of the molecule is CC(C)C(C(=O)O)S(=O)(=O)Cc1cc(Cl)ccc1Cl. The molecule has 0 aliphatic heterocycles. The number of carboxylic acid groups (broad SMARTS) is 1.